The number of hydrogen-bond donors (Lipinski definition) is 1. The van der Waals surface area contributed by atoms with Crippen LogP contribution in [0.4, 0.5) is 10.2 Å². The molecule has 0 aliphatic heterocycles. The number of nitrogens with zero attached hydrogens (tertiary/aromatic N) is 2. The van der Waals surface area contributed by atoms with Crippen molar-refractivity contribution >= 4 is 22.6 Å². The van der Waals surface area contributed by atoms with Crippen LogP contribution in [-0.4, -0.2) is 15.6 Å². The molecule has 20 heavy (non-hydrogen) atoms. The number of benzene rings is 1. The minimum atomic E-state index is -0.364. The molecule has 0 unspecified atom stereocenters. The summed E-state index contributed by atoms with van der Waals surface area (Å²) in [6.45, 7) is 1.73. The van der Waals surface area contributed by atoms with Crippen LogP contribution in [0.1, 0.15) is 16.2 Å². The number of nitrogens with one attached hydrogen (secondary N) is 1. The maximum Gasteiger partial charge on any atom is 0.273 e. The van der Waals surface area contributed by atoms with Crippen LogP contribution < -0.4 is 5.32 Å². The lowest BCUT2D eigenvalue weighted by molar-refractivity contribution is 0.101. The third-order valence-electron chi connectivity index (χ3n) is 3.14. The van der Waals surface area contributed by atoms with E-state index in [4.69, 9.17) is 4.52 Å². The topological polar surface area (TPSA) is 60.1 Å². The maximum absolute atomic E-state index is 13.7. The van der Waals surface area contributed by atoms with E-state index in [2.05, 4.69) is 10.5 Å². The normalized spacial score (nSPS) is 10.9. The summed E-state index contributed by atoms with van der Waals surface area (Å²) in [6, 6.07) is 7.87. The van der Waals surface area contributed by atoms with Crippen LogP contribution in [0.25, 0.3) is 10.9 Å². The van der Waals surface area contributed by atoms with Crippen LogP contribution in [0.2, 0.25) is 0 Å². The predicted octanol–water partition coefficient (Wildman–Crippen LogP) is 2.87. The Hall–Kier alpha value is -2.63. The van der Waals surface area contributed by atoms with Gasteiger partial charge in [0.1, 0.15) is 17.3 Å². The van der Waals surface area contributed by atoms with Gasteiger partial charge in [-0.3, -0.25) is 4.79 Å². The molecule has 3 aromatic rings. The van der Waals surface area contributed by atoms with Gasteiger partial charge in [-0.15, -0.1) is 0 Å². The molecule has 0 aliphatic rings. The molecule has 0 radical (unpaired) electrons. The second-order valence-corrected chi connectivity index (χ2v) is 4.54. The number of anilines is 1. The molecule has 2 aromatic heterocycles. The van der Waals surface area contributed by atoms with Gasteiger partial charge in [-0.05, 0) is 25.1 Å². The quantitative estimate of drug-likeness (QED) is 0.781. The van der Waals surface area contributed by atoms with E-state index in [1.54, 1.807) is 36.7 Å². The minimum absolute atomic E-state index is 0.332. The molecule has 0 fully saturated rings. The molecule has 0 atom stereocenters. The summed E-state index contributed by atoms with van der Waals surface area (Å²) < 4.78 is 20.2. The Bertz CT molecular complexity index is 804. The van der Waals surface area contributed by atoms with Crippen molar-refractivity contribution < 1.29 is 13.7 Å². The van der Waals surface area contributed by atoms with Crippen molar-refractivity contribution in [2.45, 2.75) is 6.92 Å². The van der Waals surface area contributed by atoms with E-state index >= 15 is 0 Å². The number of fused-ring (bicyclic) bond motifs is 1. The van der Waals surface area contributed by atoms with Crippen molar-refractivity contribution in [2.24, 2.45) is 7.05 Å². The third-order valence-corrected chi connectivity index (χ3v) is 3.14. The molecule has 3 rings (SSSR count). The van der Waals surface area contributed by atoms with Gasteiger partial charge in [0.05, 0.1) is 5.52 Å². The standard InChI is InChI=1S/C14H12FN3O2/c1-8-6-13(17-20-8)16-14(19)12-7-9-10(15)4-3-5-11(9)18(12)2/h3-7H,1-2H3,(H,16,17,19). The Labute approximate surface area is 114 Å². The summed E-state index contributed by atoms with van der Waals surface area (Å²) in [5, 5.41) is 6.72. The monoisotopic (exact) mass is 273 g/mol. The van der Waals surface area contributed by atoms with Crippen molar-refractivity contribution in [2.75, 3.05) is 5.32 Å². The number of hydrogen-bond acceptors (Lipinski definition) is 3. The lowest BCUT2D eigenvalue weighted by atomic mass is 10.2. The molecule has 2 heterocycles. The largest absolute Gasteiger partial charge is 0.360 e. The first-order valence-electron chi connectivity index (χ1n) is 6.05. The fourth-order valence-electron chi connectivity index (χ4n) is 2.15. The van der Waals surface area contributed by atoms with Gasteiger partial charge in [-0.1, -0.05) is 11.2 Å². The average Bonchev–Trinajstić information content (AvgIpc) is 2.95. The van der Waals surface area contributed by atoms with Gasteiger partial charge < -0.3 is 14.4 Å². The molecular weight excluding hydrogens is 261 g/mol. The molecule has 1 amide bonds. The first-order valence-corrected chi connectivity index (χ1v) is 6.05. The Morgan fingerprint density at radius 3 is 2.85 bits per heavy atom. The van der Waals surface area contributed by atoms with Gasteiger partial charge in [0.25, 0.3) is 5.91 Å². The SMILES string of the molecule is Cc1cc(NC(=O)c2cc3c(F)cccc3n2C)no1. The molecular formula is C14H12FN3O2. The highest BCUT2D eigenvalue weighted by Crippen LogP contribution is 2.22. The number of amides is 1. The second kappa shape index (κ2) is 4.48. The van der Waals surface area contributed by atoms with E-state index in [0.717, 1.165) is 0 Å². The van der Waals surface area contributed by atoms with E-state index in [1.807, 2.05) is 0 Å². The van der Waals surface area contributed by atoms with Crippen LogP contribution in [0.5, 0.6) is 0 Å². The van der Waals surface area contributed by atoms with E-state index in [-0.39, 0.29) is 11.7 Å². The Morgan fingerprint density at radius 1 is 1.40 bits per heavy atom. The second-order valence-electron chi connectivity index (χ2n) is 4.54. The third kappa shape index (κ3) is 1.95. The summed E-state index contributed by atoms with van der Waals surface area (Å²) in [7, 11) is 1.71. The number of aryl methyl sites for hydroxylation is 2. The van der Waals surface area contributed by atoms with E-state index < -0.39 is 0 Å². The first-order chi connectivity index (χ1) is 9.56. The van der Waals surface area contributed by atoms with Crippen LogP contribution >= 0.6 is 0 Å². The summed E-state index contributed by atoms with van der Waals surface area (Å²) in [6.07, 6.45) is 0. The number of rotatable bonds is 2. The number of carbonyl (C=O) groups is 1. The number of carbonyl (C=O) groups excluding carboxylic acids is 1. The zero-order valence-corrected chi connectivity index (χ0v) is 11.0. The Balaban J connectivity index is 1.99. The van der Waals surface area contributed by atoms with Crippen LogP contribution in [-0.2, 0) is 7.05 Å². The van der Waals surface area contributed by atoms with E-state index in [9.17, 15) is 9.18 Å². The molecule has 1 aromatic carbocycles. The lowest BCUT2D eigenvalue weighted by Crippen LogP contribution is -2.15. The van der Waals surface area contributed by atoms with Crippen LogP contribution in [0, 0.1) is 12.7 Å². The summed E-state index contributed by atoms with van der Waals surface area (Å²) in [4.78, 5) is 12.2. The fourth-order valence-corrected chi connectivity index (χ4v) is 2.15. The van der Waals surface area contributed by atoms with Crippen LogP contribution in [0.15, 0.2) is 34.9 Å². The van der Waals surface area contributed by atoms with Gasteiger partial charge in [-0.2, -0.15) is 0 Å². The van der Waals surface area contributed by atoms with Gasteiger partial charge in [0.2, 0.25) is 0 Å². The maximum atomic E-state index is 13.7. The van der Waals surface area contributed by atoms with Gasteiger partial charge >= 0.3 is 0 Å². The molecule has 0 aliphatic carbocycles. The van der Waals surface area contributed by atoms with E-state index in [1.165, 1.54) is 12.1 Å². The van der Waals surface area contributed by atoms with Crippen molar-refractivity contribution in [3.63, 3.8) is 0 Å². The molecule has 5 nitrogen and oxygen atoms in total. The van der Waals surface area contributed by atoms with Crippen molar-refractivity contribution in [1.29, 1.82) is 0 Å². The van der Waals surface area contributed by atoms with Gasteiger partial charge in [-0.25, -0.2) is 4.39 Å². The first kappa shape index (κ1) is 12.4. The molecule has 1 N–H and O–H groups in total. The predicted molar refractivity (Wildman–Crippen MR) is 72.1 cm³/mol. The molecule has 0 spiro atoms. The summed E-state index contributed by atoms with van der Waals surface area (Å²) in [5.74, 6) is 0.215. The van der Waals surface area contributed by atoms with Crippen molar-refractivity contribution in [1.82, 2.24) is 9.72 Å². The average molecular weight is 273 g/mol. The number of aromatic nitrogens is 2. The Morgan fingerprint density at radius 2 is 2.20 bits per heavy atom. The molecule has 6 heteroatoms. The van der Waals surface area contributed by atoms with Gasteiger partial charge in [0.15, 0.2) is 5.82 Å². The van der Waals surface area contributed by atoms with Gasteiger partial charge in [0, 0.05) is 18.5 Å². The minimum Gasteiger partial charge on any atom is -0.360 e. The fraction of sp³-hybridized carbons (Fsp3) is 0.143. The van der Waals surface area contributed by atoms with Crippen molar-refractivity contribution in [3.05, 3.63) is 47.6 Å². The smallest absolute Gasteiger partial charge is 0.273 e. The van der Waals surface area contributed by atoms with E-state index in [0.29, 0.717) is 28.2 Å². The Kier molecular flexibility index (Phi) is 2.78. The highest BCUT2D eigenvalue weighted by atomic mass is 19.1. The summed E-state index contributed by atoms with van der Waals surface area (Å²) in [5.41, 5.74) is 1.01. The highest BCUT2D eigenvalue weighted by Gasteiger charge is 2.16. The molecule has 0 saturated carbocycles. The molecule has 0 bridgehead atoms. The molecule has 0 saturated heterocycles. The zero-order valence-electron chi connectivity index (χ0n) is 11.0. The number of halogens is 1. The highest BCUT2D eigenvalue weighted by molar-refractivity contribution is 6.06. The van der Waals surface area contributed by atoms with Crippen LogP contribution in [0.3, 0.4) is 0 Å². The lowest BCUT2D eigenvalue weighted by Gasteiger charge is -2.03. The zero-order chi connectivity index (χ0) is 14.3. The van der Waals surface area contributed by atoms with Crippen molar-refractivity contribution in [3.8, 4) is 0 Å². The molecule has 102 valence electrons. The summed E-state index contributed by atoms with van der Waals surface area (Å²) >= 11 is 0.